The highest BCUT2D eigenvalue weighted by atomic mass is 16.4. The Morgan fingerprint density at radius 1 is 1.15 bits per heavy atom. The van der Waals surface area contributed by atoms with Crippen LogP contribution in [0.5, 0.6) is 0 Å². The molecule has 1 atom stereocenters. The number of benzene rings is 1. The van der Waals surface area contributed by atoms with Crippen molar-refractivity contribution >= 4 is 17.6 Å². The molecule has 1 aromatic carbocycles. The lowest BCUT2D eigenvalue weighted by Gasteiger charge is -2.28. The first-order chi connectivity index (χ1) is 9.58. The molecular weight excluding hydrogens is 256 g/mol. The highest BCUT2D eigenvalue weighted by Gasteiger charge is 2.29. The van der Waals surface area contributed by atoms with Gasteiger partial charge in [0.1, 0.15) is 6.04 Å². The number of hydrogen-bond acceptors (Lipinski definition) is 3. The lowest BCUT2D eigenvalue weighted by Crippen LogP contribution is -2.38. The molecule has 108 valence electrons. The van der Waals surface area contributed by atoms with Crippen molar-refractivity contribution < 1.29 is 14.7 Å². The van der Waals surface area contributed by atoms with E-state index in [0.29, 0.717) is 11.3 Å². The van der Waals surface area contributed by atoms with Crippen LogP contribution in [0.25, 0.3) is 0 Å². The third-order valence-electron chi connectivity index (χ3n) is 3.88. The lowest BCUT2D eigenvalue weighted by atomic mass is 9.84. The van der Waals surface area contributed by atoms with Gasteiger partial charge in [-0.1, -0.05) is 19.3 Å². The molecule has 0 heterocycles. The van der Waals surface area contributed by atoms with Crippen molar-refractivity contribution in [2.75, 3.05) is 5.32 Å². The van der Waals surface area contributed by atoms with E-state index in [4.69, 9.17) is 5.73 Å². The van der Waals surface area contributed by atoms with Gasteiger partial charge in [0.25, 0.3) is 0 Å². The summed E-state index contributed by atoms with van der Waals surface area (Å²) in [6.07, 6.45) is 5.27. The molecule has 2 rings (SSSR count). The van der Waals surface area contributed by atoms with Crippen LogP contribution < -0.4 is 11.1 Å². The monoisotopic (exact) mass is 276 g/mol. The van der Waals surface area contributed by atoms with E-state index in [-0.39, 0.29) is 5.92 Å². The molecular formula is C15H20N2O3. The fraction of sp³-hybridized carbons (Fsp3) is 0.467. The van der Waals surface area contributed by atoms with E-state index in [9.17, 15) is 14.7 Å². The quantitative estimate of drug-likeness (QED) is 0.769. The second-order valence-electron chi connectivity index (χ2n) is 5.30. The number of anilines is 1. The van der Waals surface area contributed by atoms with Gasteiger partial charge in [-0.3, -0.25) is 4.79 Å². The van der Waals surface area contributed by atoms with Gasteiger partial charge >= 0.3 is 5.97 Å². The van der Waals surface area contributed by atoms with E-state index in [1.807, 2.05) is 0 Å². The van der Waals surface area contributed by atoms with Gasteiger partial charge < -0.3 is 16.2 Å². The first kappa shape index (κ1) is 14.4. The van der Waals surface area contributed by atoms with Gasteiger partial charge in [0.05, 0.1) is 0 Å². The third kappa shape index (κ3) is 3.50. The Hall–Kier alpha value is -2.04. The van der Waals surface area contributed by atoms with E-state index < -0.39 is 17.9 Å². The topological polar surface area (TPSA) is 92.4 Å². The van der Waals surface area contributed by atoms with Gasteiger partial charge in [0, 0.05) is 11.3 Å². The van der Waals surface area contributed by atoms with Gasteiger partial charge in [-0.05, 0) is 43.0 Å². The van der Waals surface area contributed by atoms with Crippen LogP contribution in [0.3, 0.4) is 0 Å². The van der Waals surface area contributed by atoms with Crippen LogP contribution in [-0.4, -0.2) is 23.0 Å². The molecule has 20 heavy (non-hydrogen) atoms. The Bertz CT molecular complexity index is 478. The van der Waals surface area contributed by atoms with Crippen LogP contribution in [0.2, 0.25) is 0 Å². The smallest absolute Gasteiger partial charge is 0.326 e. The zero-order valence-corrected chi connectivity index (χ0v) is 11.3. The largest absolute Gasteiger partial charge is 0.480 e. The molecule has 1 aromatic rings. The highest BCUT2D eigenvalue weighted by Crippen LogP contribution is 2.28. The Labute approximate surface area is 118 Å². The fourth-order valence-corrected chi connectivity index (χ4v) is 2.76. The SMILES string of the molecule is NC(=O)c1ccc(NC(C(=O)O)C2CCCCC2)cc1. The maximum atomic E-state index is 11.4. The molecule has 1 amide bonds. The minimum Gasteiger partial charge on any atom is -0.480 e. The van der Waals surface area contributed by atoms with Crippen LogP contribution >= 0.6 is 0 Å². The zero-order chi connectivity index (χ0) is 14.5. The summed E-state index contributed by atoms with van der Waals surface area (Å²) >= 11 is 0. The highest BCUT2D eigenvalue weighted by molar-refractivity contribution is 5.93. The number of nitrogens with two attached hydrogens (primary N) is 1. The minimum absolute atomic E-state index is 0.164. The van der Waals surface area contributed by atoms with Gasteiger partial charge in [-0.2, -0.15) is 0 Å². The van der Waals surface area contributed by atoms with E-state index in [1.165, 1.54) is 6.42 Å². The minimum atomic E-state index is -0.823. The number of nitrogens with one attached hydrogen (secondary N) is 1. The van der Waals surface area contributed by atoms with Crippen molar-refractivity contribution in [3.8, 4) is 0 Å². The van der Waals surface area contributed by atoms with Crippen LogP contribution in [0.1, 0.15) is 42.5 Å². The average Bonchev–Trinajstić information content (AvgIpc) is 2.46. The summed E-state index contributed by atoms with van der Waals surface area (Å²) < 4.78 is 0. The molecule has 1 aliphatic rings. The molecule has 1 fully saturated rings. The summed E-state index contributed by atoms with van der Waals surface area (Å²) in [5, 5.41) is 12.5. The van der Waals surface area contributed by atoms with Gasteiger partial charge in [0.15, 0.2) is 0 Å². The second-order valence-corrected chi connectivity index (χ2v) is 5.30. The van der Waals surface area contributed by atoms with Gasteiger partial charge in [-0.25, -0.2) is 4.79 Å². The third-order valence-corrected chi connectivity index (χ3v) is 3.88. The first-order valence-electron chi connectivity index (χ1n) is 6.97. The summed E-state index contributed by atoms with van der Waals surface area (Å²) in [4.78, 5) is 22.4. The van der Waals surface area contributed by atoms with E-state index in [1.54, 1.807) is 24.3 Å². The molecule has 1 aliphatic carbocycles. The van der Waals surface area contributed by atoms with Crippen LogP contribution in [0, 0.1) is 5.92 Å². The second kappa shape index (κ2) is 6.41. The molecule has 4 N–H and O–H groups in total. The molecule has 0 radical (unpaired) electrons. The number of amides is 1. The van der Waals surface area contributed by atoms with E-state index >= 15 is 0 Å². The molecule has 5 heteroatoms. The first-order valence-corrected chi connectivity index (χ1v) is 6.97. The number of aliphatic carboxylic acids is 1. The number of carboxylic acids is 1. The summed E-state index contributed by atoms with van der Waals surface area (Å²) in [7, 11) is 0. The van der Waals surface area contributed by atoms with E-state index in [0.717, 1.165) is 25.7 Å². The summed E-state index contributed by atoms with van der Waals surface area (Å²) in [6.45, 7) is 0. The molecule has 1 saturated carbocycles. The van der Waals surface area contributed by atoms with Crippen LogP contribution in [0.4, 0.5) is 5.69 Å². The van der Waals surface area contributed by atoms with Crippen molar-refractivity contribution in [3.05, 3.63) is 29.8 Å². The number of carboxylic acid groups (broad SMARTS) is 1. The summed E-state index contributed by atoms with van der Waals surface area (Å²) in [6, 6.07) is 6.02. The van der Waals surface area contributed by atoms with E-state index in [2.05, 4.69) is 5.32 Å². The van der Waals surface area contributed by atoms with Crippen molar-refractivity contribution in [3.63, 3.8) is 0 Å². The molecule has 0 spiro atoms. The van der Waals surface area contributed by atoms with Crippen LogP contribution in [-0.2, 0) is 4.79 Å². The Morgan fingerprint density at radius 3 is 2.25 bits per heavy atom. The molecule has 0 saturated heterocycles. The number of carbonyl (C=O) groups is 2. The Kier molecular flexibility index (Phi) is 4.61. The summed E-state index contributed by atoms with van der Waals surface area (Å²) in [5.41, 5.74) is 6.30. The van der Waals surface area contributed by atoms with Crippen molar-refractivity contribution in [1.82, 2.24) is 0 Å². The van der Waals surface area contributed by atoms with Crippen LogP contribution in [0.15, 0.2) is 24.3 Å². The number of hydrogen-bond donors (Lipinski definition) is 3. The van der Waals surface area contributed by atoms with Crippen molar-refractivity contribution in [1.29, 1.82) is 0 Å². The number of carbonyl (C=O) groups excluding carboxylic acids is 1. The molecule has 5 nitrogen and oxygen atoms in total. The summed E-state index contributed by atoms with van der Waals surface area (Å²) in [5.74, 6) is -1.15. The molecule has 1 unspecified atom stereocenters. The Morgan fingerprint density at radius 2 is 1.75 bits per heavy atom. The molecule has 0 aliphatic heterocycles. The lowest BCUT2D eigenvalue weighted by molar-refractivity contribution is -0.139. The standard InChI is InChI=1S/C15H20N2O3/c16-14(18)11-6-8-12(9-7-11)17-13(15(19)20)10-4-2-1-3-5-10/h6-10,13,17H,1-5H2,(H2,16,18)(H,19,20). The molecule has 0 aromatic heterocycles. The predicted octanol–water partition coefficient (Wildman–Crippen LogP) is 2.23. The Balaban J connectivity index is 2.07. The fourth-order valence-electron chi connectivity index (χ4n) is 2.76. The molecule has 0 bridgehead atoms. The van der Waals surface area contributed by atoms with Crippen molar-refractivity contribution in [2.45, 2.75) is 38.1 Å². The number of rotatable bonds is 5. The maximum Gasteiger partial charge on any atom is 0.326 e. The average molecular weight is 276 g/mol. The number of primary amides is 1. The van der Waals surface area contributed by atoms with Crippen molar-refractivity contribution in [2.24, 2.45) is 11.7 Å². The van der Waals surface area contributed by atoms with Gasteiger partial charge in [-0.15, -0.1) is 0 Å². The normalized spacial score (nSPS) is 17.4. The zero-order valence-electron chi connectivity index (χ0n) is 11.3. The van der Waals surface area contributed by atoms with Gasteiger partial charge in [0.2, 0.25) is 5.91 Å². The predicted molar refractivity (Wildman–Crippen MR) is 76.6 cm³/mol. The maximum absolute atomic E-state index is 11.4.